The quantitative estimate of drug-likeness (QED) is 0.784. The number of hydrogen-bond acceptors (Lipinski definition) is 5. The highest BCUT2D eigenvalue weighted by atomic mass is 32.2. The minimum atomic E-state index is -4.08. The van der Waals surface area contributed by atoms with E-state index in [4.69, 9.17) is 4.74 Å². The van der Waals surface area contributed by atoms with Gasteiger partial charge in [0.2, 0.25) is 0 Å². The van der Waals surface area contributed by atoms with Crippen LogP contribution in [0.25, 0.3) is 11.0 Å². The van der Waals surface area contributed by atoms with Crippen molar-refractivity contribution < 1.29 is 23.1 Å². The molecule has 0 saturated carbocycles. The fourth-order valence-corrected chi connectivity index (χ4v) is 3.76. The van der Waals surface area contributed by atoms with E-state index in [-0.39, 0.29) is 21.6 Å². The van der Waals surface area contributed by atoms with Crippen molar-refractivity contribution in [3.63, 3.8) is 0 Å². The molecule has 23 heavy (non-hydrogen) atoms. The monoisotopic (exact) mass is 332 g/mol. The maximum atomic E-state index is 12.9. The van der Waals surface area contributed by atoms with E-state index < -0.39 is 16.0 Å². The van der Waals surface area contributed by atoms with Crippen LogP contribution in [-0.4, -0.2) is 35.6 Å². The number of carboxylic acids is 1. The molecule has 0 aliphatic heterocycles. The summed E-state index contributed by atoms with van der Waals surface area (Å²) in [5.41, 5.74) is 0.0120. The predicted octanol–water partition coefficient (Wildman–Crippen LogP) is 1.98. The standard InChI is InChI=1S/C15H12N2O5S/c1-22-10-7-13-12(16-9-10)8-14(15(18)19)17(13)23(20,21)11-5-3-2-4-6-11/h2-9H,1H3,(H,18,19). The van der Waals surface area contributed by atoms with Crippen molar-refractivity contribution in [2.75, 3.05) is 7.11 Å². The Morgan fingerprint density at radius 1 is 1.22 bits per heavy atom. The van der Waals surface area contributed by atoms with Gasteiger partial charge in [-0.1, -0.05) is 18.2 Å². The van der Waals surface area contributed by atoms with Crippen LogP contribution in [-0.2, 0) is 10.0 Å². The molecule has 0 aliphatic carbocycles. The molecule has 0 spiro atoms. The molecule has 8 heteroatoms. The zero-order chi connectivity index (χ0) is 16.6. The van der Waals surface area contributed by atoms with Gasteiger partial charge in [-0.3, -0.25) is 4.98 Å². The first-order valence-corrected chi connectivity index (χ1v) is 7.98. The van der Waals surface area contributed by atoms with Crippen molar-refractivity contribution >= 4 is 27.0 Å². The highest BCUT2D eigenvalue weighted by Crippen LogP contribution is 2.27. The number of fused-ring (bicyclic) bond motifs is 1. The van der Waals surface area contributed by atoms with Crippen LogP contribution in [0.5, 0.6) is 5.75 Å². The molecule has 0 amide bonds. The summed E-state index contributed by atoms with van der Waals surface area (Å²) in [6.45, 7) is 0. The Labute approximate surface area is 131 Å². The van der Waals surface area contributed by atoms with E-state index >= 15 is 0 Å². The first-order valence-electron chi connectivity index (χ1n) is 6.54. The van der Waals surface area contributed by atoms with Crippen molar-refractivity contribution in [2.24, 2.45) is 0 Å². The predicted molar refractivity (Wildman–Crippen MR) is 82.3 cm³/mol. The Kier molecular flexibility index (Phi) is 3.53. The second-order valence-electron chi connectivity index (χ2n) is 4.70. The van der Waals surface area contributed by atoms with Crippen molar-refractivity contribution in [1.82, 2.24) is 8.96 Å². The van der Waals surface area contributed by atoms with E-state index in [1.165, 1.54) is 37.6 Å². The largest absolute Gasteiger partial charge is 0.495 e. The maximum Gasteiger partial charge on any atom is 0.353 e. The number of hydrogen-bond donors (Lipinski definition) is 1. The van der Waals surface area contributed by atoms with Crippen LogP contribution in [0, 0.1) is 0 Å². The topological polar surface area (TPSA) is 98.5 Å². The molecule has 1 aromatic carbocycles. The number of aromatic carboxylic acids is 1. The highest BCUT2D eigenvalue weighted by Gasteiger charge is 2.26. The number of nitrogens with zero attached hydrogens (tertiary/aromatic N) is 2. The first-order chi connectivity index (χ1) is 10.9. The summed E-state index contributed by atoms with van der Waals surface area (Å²) in [5, 5.41) is 9.36. The average Bonchev–Trinajstić information content (AvgIpc) is 2.95. The third kappa shape index (κ3) is 2.42. The molecule has 1 N–H and O–H groups in total. The van der Waals surface area contributed by atoms with Crippen molar-refractivity contribution in [3.8, 4) is 5.75 Å². The average molecular weight is 332 g/mol. The summed E-state index contributed by atoms with van der Waals surface area (Å²) in [6.07, 6.45) is 1.40. The van der Waals surface area contributed by atoms with Crippen LogP contribution in [0.1, 0.15) is 10.5 Å². The number of carbonyl (C=O) groups is 1. The minimum absolute atomic E-state index is 0.0113. The molecule has 0 atom stereocenters. The zero-order valence-electron chi connectivity index (χ0n) is 12.0. The number of ether oxygens (including phenoxy) is 1. The Morgan fingerprint density at radius 2 is 1.91 bits per heavy atom. The lowest BCUT2D eigenvalue weighted by molar-refractivity contribution is 0.0689. The van der Waals surface area contributed by atoms with E-state index in [9.17, 15) is 18.3 Å². The Morgan fingerprint density at radius 3 is 2.52 bits per heavy atom. The van der Waals surface area contributed by atoms with Crippen LogP contribution in [0.15, 0.2) is 53.6 Å². The second-order valence-corrected chi connectivity index (χ2v) is 6.48. The number of aromatic nitrogens is 2. The fraction of sp³-hybridized carbons (Fsp3) is 0.0667. The maximum absolute atomic E-state index is 12.9. The number of carboxylic acid groups (broad SMARTS) is 1. The molecule has 3 aromatic rings. The number of pyridine rings is 1. The van der Waals surface area contributed by atoms with E-state index in [1.807, 2.05) is 0 Å². The van der Waals surface area contributed by atoms with Gasteiger partial charge in [-0.25, -0.2) is 17.2 Å². The molecule has 0 radical (unpaired) electrons. The molecule has 7 nitrogen and oxygen atoms in total. The summed E-state index contributed by atoms with van der Waals surface area (Å²) in [5.74, 6) is -1.03. The van der Waals surface area contributed by atoms with Crippen LogP contribution >= 0.6 is 0 Å². The van der Waals surface area contributed by atoms with Crippen molar-refractivity contribution in [1.29, 1.82) is 0 Å². The Hall–Kier alpha value is -2.87. The molecular formula is C15H12N2O5S. The molecular weight excluding hydrogens is 320 g/mol. The summed E-state index contributed by atoms with van der Waals surface area (Å²) >= 11 is 0. The lowest BCUT2D eigenvalue weighted by Crippen LogP contribution is -2.18. The van der Waals surface area contributed by atoms with E-state index in [2.05, 4.69) is 4.98 Å². The van der Waals surface area contributed by atoms with Crippen molar-refractivity contribution in [3.05, 3.63) is 54.4 Å². The van der Waals surface area contributed by atoms with E-state index in [0.29, 0.717) is 5.75 Å². The third-order valence-corrected chi connectivity index (χ3v) is 5.06. The molecule has 0 bridgehead atoms. The lowest BCUT2D eigenvalue weighted by atomic mass is 10.3. The molecule has 0 unspecified atom stereocenters. The van der Waals surface area contributed by atoms with Gasteiger partial charge in [0.05, 0.1) is 29.2 Å². The smallest absolute Gasteiger partial charge is 0.353 e. The number of benzene rings is 1. The first kappa shape index (κ1) is 15.0. The normalized spacial score (nSPS) is 11.5. The second kappa shape index (κ2) is 5.40. The summed E-state index contributed by atoms with van der Waals surface area (Å²) in [7, 11) is -2.67. The van der Waals surface area contributed by atoms with Gasteiger partial charge in [0.25, 0.3) is 10.0 Å². The molecule has 0 saturated heterocycles. The number of methoxy groups -OCH3 is 1. The summed E-state index contributed by atoms with van der Waals surface area (Å²) in [4.78, 5) is 15.5. The Bertz CT molecular complexity index is 993. The van der Waals surface area contributed by atoms with Crippen molar-refractivity contribution in [2.45, 2.75) is 4.90 Å². The van der Waals surface area contributed by atoms with Gasteiger partial charge < -0.3 is 9.84 Å². The summed E-state index contributed by atoms with van der Waals surface area (Å²) in [6, 6.07) is 10.3. The molecule has 3 rings (SSSR count). The van der Waals surface area contributed by atoms with Gasteiger partial charge >= 0.3 is 5.97 Å². The molecule has 0 fully saturated rings. The zero-order valence-corrected chi connectivity index (χ0v) is 12.8. The third-order valence-electron chi connectivity index (χ3n) is 3.32. The van der Waals surface area contributed by atoms with E-state index in [0.717, 1.165) is 3.97 Å². The Balaban J connectivity index is 2.39. The number of rotatable bonds is 4. The van der Waals surface area contributed by atoms with Gasteiger partial charge in [-0.2, -0.15) is 0 Å². The molecule has 0 aliphatic rings. The lowest BCUT2D eigenvalue weighted by Gasteiger charge is -2.10. The molecule has 2 aromatic heterocycles. The fourth-order valence-electron chi connectivity index (χ4n) is 2.25. The molecule has 118 valence electrons. The van der Waals surface area contributed by atoms with Gasteiger partial charge in [0.15, 0.2) is 0 Å². The van der Waals surface area contributed by atoms with Gasteiger partial charge in [-0.05, 0) is 18.2 Å². The minimum Gasteiger partial charge on any atom is -0.495 e. The van der Waals surface area contributed by atoms with Crippen LogP contribution in [0.2, 0.25) is 0 Å². The van der Waals surface area contributed by atoms with Gasteiger partial charge in [0, 0.05) is 6.07 Å². The van der Waals surface area contributed by atoms with Crippen LogP contribution < -0.4 is 4.74 Å². The van der Waals surface area contributed by atoms with Crippen LogP contribution in [0.4, 0.5) is 0 Å². The van der Waals surface area contributed by atoms with Gasteiger partial charge in [-0.15, -0.1) is 0 Å². The SMILES string of the molecule is COc1cnc2cc(C(=O)O)n(S(=O)(=O)c3ccccc3)c2c1. The van der Waals surface area contributed by atoms with Gasteiger partial charge in [0.1, 0.15) is 11.4 Å². The van der Waals surface area contributed by atoms with E-state index in [1.54, 1.807) is 18.2 Å². The highest BCUT2D eigenvalue weighted by molar-refractivity contribution is 7.90. The summed E-state index contributed by atoms with van der Waals surface area (Å²) < 4.78 is 31.6. The molecule has 2 heterocycles. The van der Waals surface area contributed by atoms with Crippen LogP contribution in [0.3, 0.4) is 0 Å².